The number of hydrogen-bond acceptors (Lipinski definition) is 7. The van der Waals surface area contributed by atoms with Crippen LogP contribution in [-0.2, 0) is 6.61 Å². The Morgan fingerprint density at radius 1 is 0.967 bits per heavy atom. The summed E-state index contributed by atoms with van der Waals surface area (Å²) in [5, 5.41) is 5.03. The van der Waals surface area contributed by atoms with Gasteiger partial charge in [0.05, 0.1) is 30.7 Å². The van der Waals surface area contributed by atoms with Crippen LogP contribution >= 0.6 is 11.3 Å². The van der Waals surface area contributed by atoms with Crippen LogP contribution in [0.1, 0.15) is 11.1 Å². The fraction of sp³-hybridized carbons (Fsp3) is 0.130. The van der Waals surface area contributed by atoms with Gasteiger partial charge in [0.25, 0.3) is 0 Å². The van der Waals surface area contributed by atoms with Crippen molar-refractivity contribution < 1.29 is 14.2 Å². The van der Waals surface area contributed by atoms with E-state index in [-0.39, 0.29) is 0 Å². The van der Waals surface area contributed by atoms with Gasteiger partial charge >= 0.3 is 0 Å². The van der Waals surface area contributed by atoms with Crippen molar-refractivity contribution in [3.8, 4) is 17.2 Å². The molecule has 3 aromatic carbocycles. The molecule has 0 aliphatic carbocycles. The summed E-state index contributed by atoms with van der Waals surface area (Å²) in [6.07, 6.45) is 1.69. The number of hydrazone groups is 1. The largest absolute Gasteiger partial charge is 0.493 e. The molecule has 4 rings (SSSR count). The van der Waals surface area contributed by atoms with Crippen LogP contribution in [0.3, 0.4) is 0 Å². The summed E-state index contributed by atoms with van der Waals surface area (Å²) in [7, 11) is 3.20. The first-order valence-corrected chi connectivity index (χ1v) is 10.2. The van der Waals surface area contributed by atoms with Crippen molar-refractivity contribution in [2.24, 2.45) is 5.10 Å². The topological polar surface area (TPSA) is 65.0 Å². The summed E-state index contributed by atoms with van der Waals surface area (Å²) in [6.45, 7) is 0.417. The summed E-state index contributed by atoms with van der Waals surface area (Å²) in [5.74, 6) is 1.71. The third kappa shape index (κ3) is 4.52. The Morgan fingerprint density at radius 3 is 2.37 bits per heavy atom. The first-order valence-electron chi connectivity index (χ1n) is 9.34. The lowest BCUT2D eigenvalue weighted by Crippen LogP contribution is -2.01. The van der Waals surface area contributed by atoms with Crippen molar-refractivity contribution in [2.75, 3.05) is 19.6 Å². The van der Waals surface area contributed by atoms with E-state index >= 15 is 0 Å². The molecular formula is C23H21N3O3S. The highest BCUT2D eigenvalue weighted by molar-refractivity contribution is 7.22. The average molecular weight is 420 g/mol. The van der Waals surface area contributed by atoms with Gasteiger partial charge in [-0.15, -0.1) is 0 Å². The minimum absolute atomic E-state index is 0.417. The molecule has 0 saturated carbocycles. The minimum atomic E-state index is 0.417. The second-order valence-corrected chi connectivity index (χ2v) is 7.42. The van der Waals surface area contributed by atoms with Gasteiger partial charge < -0.3 is 14.2 Å². The van der Waals surface area contributed by atoms with Gasteiger partial charge in [0.15, 0.2) is 11.5 Å². The highest BCUT2D eigenvalue weighted by atomic mass is 32.1. The van der Waals surface area contributed by atoms with E-state index < -0.39 is 0 Å². The zero-order valence-corrected chi connectivity index (χ0v) is 17.5. The van der Waals surface area contributed by atoms with Gasteiger partial charge in [0, 0.05) is 5.56 Å². The molecule has 4 aromatic rings. The van der Waals surface area contributed by atoms with E-state index in [0.29, 0.717) is 23.9 Å². The molecule has 0 aliphatic rings. The van der Waals surface area contributed by atoms with E-state index in [1.807, 2.05) is 66.7 Å². The lowest BCUT2D eigenvalue weighted by molar-refractivity contribution is 0.266. The van der Waals surface area contributed by atoms with Crippen LogP contribution in [0, 0.1) is 0 Å². The molecule has 0 saturated heterocycles. The number of aromatic nitrogens is 1. The van der Waals surface area contributed by atoms with Crippen molar-refractivity contribution in [3.05, 3.63) is 77.9 Å². The lowest BCUT2D eigenvalue weighted by Gasteiger charge is -2.15. The molecule has 0 radical (unpaired) electrons. The van der Waals surface area contributed by atoms with Crippen molar-refractivity contribution in [1.82, 2.24) is 4.98 Å². The number of thiazole rings is 1. The third-order valence-corrected chi connectivity index (χ3v) is 5.32. The van der Waals surface area contributed by atoms with Crippen LogP contribution < -0.4 is 19.6 Å². The second kappa shape index (κ2) is 9.28. The van der Waals surface area contributed by atoms with Crippen LogP contribution in [-0.4, -0.2) is 25.4 Å². The summed E-state index contributed by atoms with van der Waals surface area (Å²) in [5.41, 5.74) is 5.80. The van der Waals surface area contributed by atoms with Gasteiger partial charge in [0.2, 0.25) is 10.9 Å². The minimum Gasteiger partial charge on any atom is -0.493 e. The number of nitrogens with one attached hydrogen (secondary N) is 1. The van der Waals surface area contributed by atoms with Crippen molar-refractivity contribution >= 4 is 32.9 Å². The second-order valence-electron chi connectivity index (χ2n) is 6.39. The molecule has 6 nitrogen and oxygen atoms in total. The van der Waals surface area contributed by atoms with E-state index in [1.54, 1.807) is 31.8 Å². The SMILES string of the molecule is COc1cc(/C=N\Nc2nc3ccccc3s2)cc(OC)c1OCc1ccccc1. The summed E-state index contributed by atoms with van der Waals surface area (Å²) in [6, 6.07) is 21.6. The van der Waals surface area contributed by atoms with Gasteiger partial charge in [-0.1, -0.05) is 53.8 Å². The zero-order chi connectivity index (χ0) is 20.8. The Bertz CT molecular complexity index is 1100. The number of fused-ring (bicyclic) bond motifs is 1. The number of benzene rings is 3. The number of methoxy groups -OCH3 is 2. The number of para-hydroxylation sites is 1. The van der Waals surface area contributed by atoms with Gasteiger partial charge in [-0.2, -0.15) is 5.10 Å². The predicted octanol–water partition coefficient (Wildman–Crippen LogP) is 5.34. The Labute approximate surface area is 178 Å². The maximum absolute atomic E-state index is 5.98. The standard InChI is InChI=1S/C23H21N3O3S/c1-27-19-12-17(14-24-26-23-25-18-10-6-7-11-21(18)30-23)13-20(28-2)22(19)29-15-16-8-4-3-5-9-16/h3-14H,15H2,1-2H3,(H,25,26)/b24-14-. The highest BCUT2D eigenvalue weighted by Gasteiger charge is 2.14. The molecule has 0 bridgehead atoms. The first-order chi connectivity index (χ1) is 14.8. The predicted molar refractivity (Wildman–Crippen MR) is 121 cm³/mol. The highest BCUT2D eigenvalue weighted by Crippen LogP contribution is 2.38. The molecule has 0 aliphatic heterocycles. The Balaban J connectivity index is 1.51. The van der Waals surface area contributed by atoms with Crippen LogP contribution in [0.2, 0.25) is 0 Å². The van der Waals surface area contributed by atoms with Crippen molar-refractivity contribution in [1.29, 1.82) is 0 Å². The maximum atomic E-state index is 5.98. The van der Waals surface area contributed by atoms with Gasteiger partial charge in [-0.05, 0) is 29.8 Å². The van der Waals surface area contributed by atoms with E-state index in [4.69, 9.17) is 14.2 Å². The molecule has 1 N–H and O–H groups in total. The molecule has 0 spiro atoms. The van der Waals surface area contributed by atoms with Crippen molar-refractivity contribution in [2.45, 2.75) is 6.61 Å². The summed E-state index contributed by atoms with van der Waals surface area (Å²) < 4.78 is 18.1. The average Bonchev–Trinajstić information content (AvgIpc) is 3.21. The van der Waals surface area contributed by atoms with E-state index in [9.17, 15) is 0 Å². The normalized spacial score (nSPS) is 11.0. The zero-order valence-electron chi connectivity index (χ0n) is 16.7. The molecule has 0 fully saturated rings. The van der Waals surface area contributed by atoms with Crippen LogP contribution in [0.15, 0.2) is 71.8 Å². The third-order valence-electron chi connectivity index (χ3n) is 4.38. The van der Waals surface area contributed by atoms with E-state index in [1.165, 1.54) is 0 Å². The number of rotatable bonds is 8. The lowest BCUT2D eigenvalue weighted by atomic mass is 10.2. The van der Waals surface area contributed by atoms with Gasteiger partial charge in [-0.25, -0.2) is 4.98 Å². The molecule has 0 unspecified atom stereocenters. The van der Waals surface area contributed by atoms with Crippen LogP contribution in [0.5, 0.6) is 17.2 Å². The maximum Gasteiger partial charge on any atom is 0.204 e. The van der Waals surface area contributed by atoms with Gasteiger partial charge in [0.1, 0.15) is 6.61 Å². The first kappa shape index (κ1) is 19.7. The molecule has 0 atom stereocenters. The molecule has 1 aromatic heterocycles. The molecule has 30 heavy (non-hydrogen) atoms. The smallest absolute Gasteiger partial charge is 0.204 e. The number of hydrogen-bond donors (Lipinski definition) is 1. The number of nitrogens with zero attached hydrogens (tertiary/aromatic N) is 2. The molecule has 1 heterocycles. The molecule has 0 amide bonds. The number of ether oxygens (including phenoxy) is 3. The van der Waals surface area contributed by atoms with E-state index in [0.717, 1.165) is 26.5 Å². The van der Waals surface area contributed by atoms with Crippen LogP contribution in [0.4, 0.5) is 5.13 Å². The molecule has 152 valence electrons. The van der Waals surface area contributed by atoms with E-state index in [2.05, 4.69) is 15.5 Å². The van der Waals surface area contributed by atoms with Gasteiger partial charge in [-0.3, -0.25) is 5.43 Å². The fourth-order valence-electron chi connectivity index (χ4n) is 2.93. The quantitative estimate of drug-likeness (QED) is 0.309. The Kier molecular flexibility index (Phi) is 6.10. The number of anilines is 1. The molecule has 7 heteroatoms. The van der Waals surface area contributed by atoms with Crippen molar-refractivity contribution in [3.63, 3.8) is 0 Å². The fourth-order valence-corrected chi connectivity index (χ4v) is 3.74. The Morgan fingerprint density at radius 2 is 1.67 bits per heavy atom. The summed E-state index contributed by atoms with van der Waals surface area (Å²) >= 11 is 1.55. The monoisotopic (exact) mass is 419 g/mol. The van der Waals surface area contributed by atoms with Crippen LogP contribution in [0.25, 0.3) is 10.2 Å². The summed E-state index contributed by atoms with van der Waals surface area (Å²) in [4.78, 5) is 4.50. The Hall–Kier alpha value is -3.58. The molecular weight excluding hydrogens is 398 g/mol.